The maximum absolute atomic E-state index is 13.8. The van der Waals surface area contributed by atoms with Gasteiger partial charge in [0.1, 0.15) is 17.9 Å². The standard InChI is InChI=1S/C30H29FN2O4/c1-5-36-30(35)25-28(37-18-22-9-7-6-8-10-22)26-27(33(29(25)34)17-19(2)3)20(4)23(16-32-26)15-21-11-13-24(31)14-12-21/h6-14,16H,2,5,15,17-18H2,1,3-4H3. The van der Waals surface area contributed by atoms with Crippen LogP contribution in [0.3, 0.4) is 0 Å². The SMILES string of the molecule is C=C(C)Cn1c(=O)c(C(=O)OCC)c(OCc2ccccc2)c2ncc(Cc3ccc(F)cc3)c(C)c21. The van der Waals surface area contributed by atoms with Gasteiger partial charge in [-0.05, 0) is 61.6 Å². The van der Waals surface area contributed by atoms with E-state index in [9.17, 15) is 14.0 Å². The quantitative estimate of drug-likeness (QED) is 0.216. The van der Waals surface area contributed by atoms with Crippen molar-refractivity contribution in [3.05, 3.63) is 117 Å². The Hall–Kier alpha value is -4.26. The van der Waals surface area contributed by atoms with Crippen LogP contribution in [-0.4, -0.2) is 22.1 Å². The van der Waals surface area contributed by atoms with Crippen molar-refractivity contribution in [3.8, 4) is 5.75 Å². The summed E-state index contributed by atoms with van der Waals surface area (Å²) >= 11 is 0. The lowest BCUT2D eigenvalue weighted by Crippen LogP contribution is -2.30. The molecule has 0 bridgehead atoms. The minimum Gasteiger partial charge on any atom is -0.485 e. The molecule has 4 aromatic rings. The zero-order chi connectivity index (χ0) is 26.5. The third-order valence-corrected chi connectivity index (χ3v) is 6.02. The van der Waals surface area contributed by atoms with Crippen LogP contribution in [0, 0.1) is 12.7 Å². The van der Waals surface area contributed by atoms with Gasteiger partial charge < -0.3 is 14.0 Å². The van der Waals surface area contributed by atoms with Gasteiger partial charge in [-0.1, -0.05) is 54.6 Å². The van der Waals surface area contributed by atoms with Crippen molar-refractivity contribution in [2.24, 2.45) is 0 Å². The number of halogens is 1. The lowest BCUT2D eigenvalue weighted by molar-refractivity contribution is 0.0518. The number of esters is 1. The molecule has 4 rings (SSSR count). The highest BCUT2D eigenvalue weighted by Gasteiger charge is 2.27. The summed E-state index contributed by atoms with van der Waals surface area (Å²) in [5, 5.41) is 0. The van der Waals surface area contributed by atoms with E-state index in [0.29, 0.717) is 17.5 Å². The smallest absolute Gasteiger partial charge is 0.347 e. The highest BCUT2D eigenvalue weighted by atomic mass is 19.1. The van der Waals surface area contributed by atoms with Crippen molar-refractivity contribution < 1.29 is 18.7 Å². The third kappa shape index (κ3) is 5.61. The molecule has 37 heavy (non-hydrogen) atoms. The van der Waals surface area contributed by atoms with Gasteiger partial charge in [0.2, 0.25) is 0 Å². The molecule has 0 radical (unpaired) electrons. The molecule has 0 unspecified atom stereocenters. The minimum absolute atomic E-state index is 0.0942. The summed E-state index contributed by atoms with van der Waals surface area (Å²) < 4.78 is 26.3. The van der Waals surface area contributed by atoms with Crippen molar-refractivity contribution in [1.82, 2.24) is 9.55 Å². The molecule has 0 N–H and O–H groups in total. The van der Waals surface area contributed by atoms with Gasteiger partial charge in [-0.2, -0.15) is 0 Å². The number of rotatable bonds is 9. The molecular weight excluding hydrogens is 471 g/mol. The summed E-state index contributed by atoms with van der Waals surface area (Å²) in [7, 11) is 0. The normalized spacial score (nSPS) is 10.9. The van der Waals surface area contributed by atoms with Crippen LogP contribution in [0.4, 0.5) is 4.39 Å². The van der Waals surface area contributed by atoms with Crippen molar-refractivity contribution in [3.63, 3.8) is 0 Å². The number of pyridine rings is 2. The average Bonchev–Trinajstić information content (AvgIpc) is 2.87. The number of fused-ring (bicyclic) bond motifs is 1. The number of hydrogen-bond donors (Lipinski definition) is 0. The van der Waals surface area contributed by atoms with Crippen LogP contribution in [-0.2, 0) is 24.3 Å². The molecule has 190 valence electrons. The molecule has 0 amide bonds. The number of carbonyl (C=O) groups excluding carboxylic acids is 1. The van der Waals surface area contributed by atoms with Crippen molar-refractivity contribution in [2.75, 3.05) is 6.61 Å². The average molecular weight is 501 g/mol. The number of allylic oxidation sites excluding steroid dienone is 1. The lowest BCUT2D eigenvalue weighted by atomic mass is 10.00. The van der Waals surface area contributed by atoms with E-state index < -0.39 is 11.5 Å². The molecule has 0 aliphatic carbocycles. The van der Waals surface area contributed by atoms with Gasteiger partial charge in [-0.3, -0.25) is 9.78 Å². The Morgan fingerprint density at radius 2 is 1.78 bits per heavy atom. The van der Waals surface area contributed by atoms with Gasteiger partial charge >= 0.3 is 5.97 Å². The van der Waals surface area contributed by atoms with E-state index in [1.807, 2.05) is 44.2 Å². The van der Waals surface area contributed by atoms with Crippen molar-refractivity contribution in [1.29, 1.82) is 0 Å². The zero-order valence-corrected chi connectivity index (χ0v) is 21.2. The van der Waals surface area contributed by atoms with Crippen molar-refractivity contribution >= 4 is 17.0 Å². The van der Waals surface area contributed by atoms with Gasteiger partial charge in [0.05, 0.1) is 12.1 Å². The molecule has 6 nitrogen and oxygen atoms in total. The largest absolute Gasteiger partial charge is 0.485 e. The predicted molar refractivity (Wildman–Crippen MR) is 141 cm³/mol. The Morgan fingerprint density at radius 3 is 2.43 bits per heavy atom. The Bertz CT molecular complexity index is 1510. The van der Waals surface area contributed by atoms with Gasteiger partial charge in [-0.15, -0.1) is 0 Å². The van der Waals surface area contributed by atoms with Crippen LogP contribution in [0.25, 0.3) is 11.0 Å². The molecular formula is C30H29FN2O4. The summed E-state index contributed by atoms with van der Waals surface area (Å²) in [4.78, 5) is 31.5. The Morgan fingerprint density at radius 1 is 1.08 bits per heavy atom. The highest BCUT2D eigenvalue weighted by Crippen LogP contribution is 2.32. The molecule has 2 heterocycles. The van der Waals surface area contributed by atoms with Crippen LogP contribution < -0.4 is 10.3 Å². The Labute approximate surface area is 215 Å². The molecule has 0 aliphatic heterocycles. The summed E-state index contributed by atoms with van der Waals surface area (Å²) in [6.45, 7) is 9.82. The number of aryl methyl sites for hydroxylation is 1. The zero-order valence-electron chi connectivity index (χ0n) is 21.2. The second-order valence-corrected chi connectivity index (χ2v) is 8.96. The molecule has 2 aromatic heterocycles. The van der Waals surface area contributed by atoms with Crippen LogP contribution in [0.2, 0.25) is 0 Å². The summed E-state index contributed by atoms with van der Waals surface area (Å²) in [5.74, 6) is -0.974. The first-order valence-corrected chi connectivity index (χ1v) is 12.1. The number of nitrogens with zero attached hydrogens (tertiary/aromatic N) is 2. The maximum Gasteiger partial charge on any atom is 0.347 e. The van der Waals surface area contributed by atoms with Crippen LogP contribution in [0.1, 0.15) is 46.5 Å². The van der Waals surface area contributed by atoms with E-state index in [1.165, 1.54) is 16.7 Å². The fourth-order valence-corrected chi connectivity index (χ4v) is 4.25. The first kappa shape index (κ1) is 25.8. The first-order chi connectivity index (χ1) is 17.8. The highest BCUT2D eigenvalue weighted by molar-refractivity contribution is 5.99. The van der Waals surface area contributed by atoms with E-state index in [0.717, 1.165) is 27.8 Å². The molecule has 7 heteroatoms. The molecule has 0 atom stereocenters. The first-order valence-electron chi connectivity index (χ1n) is 12.1. The Kier molecular flexibility index (Phi) is 7.82. The second kappa shape index (κ2) is 11.2. The number of carbonyl (C=O) groups is 1. The van der Waals surface area contributed by atoms with E-state index in [1.54, 1.807) is 25.3 Å². The van der Waals surface area contributed by atoms with Gasteiger partial charge in [0, 0.05) is 12.7 Å². The van der Waals surface area contributed by atoms with E-state index in [-0.39, 0.29) is 36.9 Å². The summed E-state index contributed by atoms with van der Waals surface area (Å²) in [5.41, 5.74) is 4.43. The second-order valence-electron chi connectivity index (χ2n) is 8.96. The molecule has 0 saturated heterocycles. The summed E-state index contributed by atoms with van der Waals surface area (Å²) in [6, 6.07) is 15.7. The fourth-order valence-electron chi connectivity index (χ4n) is 4.25. The number of ether oxygens (including phenoxy) is 2. The van der Waals surface area contributed by atoms with Crippen LogP contribution in [0.15, 0.2) is 77.7 Å². The number of benzene rings is 2. The molecule has 0 fully saturated rings. The van der Waals surface area contributed by atoms with Gasteiger partial charge in [0.25, 0.3) is 5.56 Å². The minimum atomic E-state index is -0.761. The molecule has 0 saturated carbocycles. The summed E-state index contributed by atoms with van der Waals surface area (Å²) in [6.07, 6.45) is 2.21. The Balaban J connectivity index is 1.95. The fraction of sp³-hybridized carbons (Fsp3) is 0.233. The third-order valence-electron chi connectivity index (χ3n) is 6.02. The molecule has 0 spiro atoms. The number of aromatic nitrogens is 2. The van der Waals surface area contributed by atoms with Crippen LogP contribution >= 0.6 is 0 Å². The van der Waals surface area contributed by atoms with Gasteiger partial charge in [0.15, 0.2) is 11.3 Å². The lowest BCUT2D eigenvalue weighted by Gasteiger charge is -2.20. The van der Waals surface area contributed by atoms with Crippen LogP contribution in [0.5, 0.6) is 5.75 Å². The van der Waals surface area contributed by atoms with E-state index in [4.69, 9.17) is 9.47 Å². The van der Waals surface area contributed by atoms with E-state index >= 15 is 0 Å². The maximum atomic E-state index is 13.8. The topological polar surface area (TPSA) is 70.4 Å². The predicted octanol–water partition coefficient (Wildman–Crippen LogP) is 5.77. The van der Waals surface area contributed by atoms with Crippen molar-refractivity contribution in [2.45, 2.75) is 40.3 Å². The molecule has 0 aliphatic rings. The molecule has 2 aromatic carbocycles. The van der Waals surface area contributed by atoms with Gasteiger partial charge in [-0.25, -0.2) is 9.18 Å². The number of hydrogen-bond acceptors (Lipinski definition) is 5. The van der Waals surface area contributed by atoms with E-state index in [2.05, 4.69) is 11.6 Å². The monoisotopic (exact) mass is 500 g/mol.